The van der Waals surface area contributed by atoms with Crippen LogP contribution in [0.5, 0.6) is 0 Å². The topological polar surface area (TPSA) is 165 Å². The molecule has 0 aliphatic carbocycles. The molecule has 2 aliphatic rings. The van der Waals surface area contributed by atoms with Gasteiger partial charge in [-0.2, -0.15) is 4.31 Å². The van der Waals surface area contributed by atoms with Gasteiger partial charge in [0.2, 0.25) is 10.0 Å². The van der Waals surface area contributed by atoms with E-state index in [2.05, 4.69) is 15.6 Å². The monoisotopic (exact) mass is 653 g/mol. The van der Waals surface area contributed by atoms with E-state index in [-0.39, 0.29) is 49.1 Å². The van der Waals surface area contributed by atoms with Crippen molar-refractivity contribution in [3.8, 4) is 0 Å². The zero-order valence-corrected chi connectivity index (χ0v) is 26.9. The Kier molecular flexibility index (Phi) is 11.1. The number of rotatable bonds is 14. The summed E-state index contributed by atoms with van der Waals surface area (Å²) in [6.45, 7) is 4.82. The van der Waals surface area contributed by atoms with Gasteiger partial charge in [0.1, 0.15) is 6.10 Å². The first-order chi connectivity index (χ1) is 22.1. The highest BCUT2D eigenvalue weighted by molar-refractivity contribution is 7.89. The average Bonchev–Trinajstić information content (AvgIpc) is 3.66. The average molecular weight is 654 g/mol. The van der Waals surface area contributed by atoms with Gasteiger partial charge in [0.15, 0.2) is 6.29 Å². The van der Waals surface area contributed by atoms with Crippen LogP contribution in [-0.2, 0) is 37.2 Å². The van der Waals surface area contributed by atoms with Crippen LogP contribution in [-0.4, -0.2) is 79.7 Å². The fourth-order valence-electron chi connectivity index (χ4n) is 5.72. The number of ether oxygens (including phenoxy) is 3. The molecule has 5 atom stereocenters. The number of aliphatic hydroxyl groups is 1. The number of aromatic nitrogens is 1. The van der Waals surface area contributed by atoms with E-state index in [1.807, 2.05) is 62.4 Å². The second-order valence-corrected chi connectivity index (χ2v) is 14.1. The minimum absolute atomic E-state index is 0.0274. The summed E-state index contributed by atoms with van der Waals surface area (Å²) >= 11 is 0. The number of nitrogens with one attached hydrogen (secondary N) is 2. The van der Waals surface area contributed by atoms with Crippen LogP contribution in [0.4, 0.5) is 16.2 Å². The Labute approximate surface area is 270 Å². The van der Waals surface area contributed by atoms with Crippen molar-refractivity contribution < 1.29 is 32.5 Å². The van der Waals surface area contributed by atoms with Crippen molar-refractivity contribution in [3.63, 3.8) is 0 Å². The largest absolute Gasteiger partial charge is 0.443 e. The number of nitrogens with two attached hydrogens (primary N) is 1. The van der Waals surface area contributed by atoms with Gasteiger partial charge < -0.3 is 35.7 Å². The van der Waals surface area contributed by atoms with Crippen molar-refractivity contribution in [1.82, 2.24) is 14.6 Å². The molecule has 0 saturated carbocycles. The van der Waals surface area contributed by atoms with E-state index in [1.165, 1.54) is 16.4 Å². The molecule has 248 valence electrons. The third-order valence-electron chi connectivity index (χ3n) is 8.12. The molecule has 2 saturated heterocycles. The fraction of sp³-hybridized carbons (Fsp3) is 0.455. The number of hydrogen-bond acceptors (Lipinski definition) is 10. The zero-order valence-electron chi connectivity index (χ0n) is 26.1. The second-order valence-electron chi connectivity index (χ2n) is 12.1. The lowest BCUT2D eigenvalue weighted by atomic mass is 10.0. The van der Waals surface area contributed by atoms with E-state index in [1.54, 1.807) is 12.3 Å². The number of pyridine rings is 1. The van der Waals surface area contributed by atoms with Crippen LogP contribution >= 0.6 is 0 Å². The summed E-state index contributed by atoms with van der Waals surface area (Å²) in [6.07, 6.45) is -0.151. The summed E-state index contributed by atoms with van der Waals surface area (Å²) in [6, 6.07) is 18.6. The summed E-state index contributed by atoms with van der Waals surface area (Å²) in [5.41, 5.74) is 8.66. The molecule has 13 heteroatoms. The van der Waals surface area contributed by atoms with Crippen LogP contribution in [0.1, 0.15) is 31.5 Å². The molecule has 1 aromatic heterocycles. The number of sulfonamides is 1. The van der Waals surface area contributed by atoms with E-state index >= 15 is 0 Å². The number of amides is 1. The van der Waals surface area contributed by atoms with Gasteiger partial charge in [-0.05, 0) is 54.7 Å². The molecule has 1 amide bonds. The summed E-state index contributed by atoms with van der Waals surface area (Å²) in [7, 11) is -4.09. The summed E-state index contributed by atoms with van der Waals surface area (Å²) in [5.74, 6) is -0.0925. The van der Waals surface area contributed by atoms with Crippen molar-refractivity contribution in [2.24, 2.45) is 11.8 Å². The van der Waals surface area contributed by atoms with E-state index in [0.717, 1.165) is 17.7 Å². The van der Waals surface area contributed by atoms with Crippen LogP contribution in [0.3, 0.4) is 0 Å². The van der Waals surface area contributed by atoms with Gasteiger partial charge in [0.05, 0.1) is 59.8 Å². The Hall–Kier alpha value is -3.75. The second kappa shape index (κ2) is 15.2. The molecule has 5 N–H and O–H groups in total. The fourth-order valence-corrected chi connectivity index (χ4v) is 7.37. The maximum Gasteiger partial charge on any atom is 0.407 e. The van der Waals surface area contributed by atoms with Crippen LogP contribution in [0.25, 0.3) is 0 Å². The van der Waals surface area contributed by atoms with E-state index < -0.39 is 34.4 Å². The Morgan fingerprint density at radius 3 is 2.63 bits per heavy atom. The van der Waals surface area contributed by atoms with E-state index in [0.29, 0.717) is 24.5 Å². The quantitative estimate of drug-likeness (QED) is 0.190. The predicted molar refractivity (Wildman–Crippen MR) is 173 cm³/mol. The van der Waals surface area contributed by atoms with Gasteiger partial charge in [-0.25, -0.2) is 13.2 Å². The number of hydrogen-bond donors (Lipinski definition) is 4. The first-order valence-electron chi connectivity index (χ1n) is 15.6. The van der Waals surface area contributed by atoms with Gasteiger partial charge in [-0.1, -0.05) is 50.2 Å². The lowest BCUT2D eigenvalue weighted by molar-refractivity contribution is -0.0907. The minimum atomic E-state index is -4.09. The van der Waals surface area contributed by atoms with Crippen LogP contribution in [0.2, 0.25) is 0 Å². The van der Waals surface area contributed by atoms with Gasteiger partial charge in [-0.3, -0.25) is 4.98 Å². The highest BCUT2D eigenvalue weighted by atomic mass is 32.2. The molecule has 0 bridgehead atoms. The van der Waals surface area contributed by atoms with E-state index in [4.69, 9.17) is 19.9 Å². The number of nitrogen functional groups attached to an aromatic ring is 1. The number of aliphatic hydroxyl groups excluding tert-OH is 1. The Morgan fingerprint density at radius 2 is 1.89 bits per heavy atom. The Balaban J connectivity index is 1.33. The van der Waals surface area contributed by atoms with Gasteiger partial charge in [0.25, 0.3) is 0 Å². The molecule has 12 nitrogen and oxygen atoms in total. The third-order valence-corrected chi connectivity index (χ3v) is 9.95. The molecule has 2 aliphatic heterocycles. The molecule has 0 spiro atoms. The van der Waals surface area contributed by atoms with Crippen molar-refractivity contribution in [2.75, 3.05) is 37.4 Å². The van der Waals surface area contributed by atoms with Crippen molar-refractivity contribution in [1.29, 1.82) is 0 Å². The normalized spacial score (nSPS) is 20.8. The van der Waals surface area contributed by atoms with Crippen LogP contribution < -0.4 is 16.4 Å². The number of benzene rings is 2. The van der Waals surface area contributed by atoms with Crippen molar-refractivity contribution >= 4 is 27.5 Å². The maximum atomic E-state index is 14.1. The van der Waals surface area contributed by atoms with Crippen LogP contribution in [0, 0.1) is 11.8 Å². The van der Waals surface area contributed by atoms with Gasteiger partial charge >= 0.3 is 6.09 Å². The molecule has 2 fully saturated rings. The molecule has 5 rings (SSSR count). The molecule has 0 unspecified atom stereocenters. The SMILES string of the molecule is CC(C)CN(C[C@@H](O)[C@H](Cc1ccccc1)NC(=O)O[C@H]1CO[C@H]2OCC[C@H]21)S(=O)(=O)c1ccc(N)c(NCc2ccccn2)c1. The lowest BCUT2D eigenvalue weighted by Crippen LogP contribution is -2.51. The number of anilines is 2. The number of fused-ring (bicyclic) bond motifs is 1. The third kappa shape index (κ3) is 8.53. The van der Waals surface area contributed by atoms with Crippen molar-refractivity contribution in [2.45, 2.75) is 62.7 Å². The number of carbonyl (C=O) groups is 1. The highest BCUT2D eigenvalue weighted by Gasteiger charge is 2.44. The number of carbonyl (C=O) groups excluding carboxylic acids is 1. The molecule has 2 aromatic carbocycles. The van der Waals surface area contributed by atoms with Gasteiger partial charge in [0, 0.05) is 19.3 Å². The molecular weight excluding hydrogens is 610 g/mol. The summed E-state index contributed by atoms with van der Waals surface area (Å²) in [5, 5.41) is 17.6. The highest BCUT2D eigenvalue weighted by Crippen LogP contribution is 2.33. The first kappa shape index (κ1) is 33.6. The molecule has 0 radical (unpaired) electrons. The molecule has 3 heterocycles. The number of alkyl carbamates (subject to hydrolysis) is 1. The lowest BCUT2D eigenvalue weighted by Gasteiger charge is -2.31. The summed E-state index contributed by atoms with van der Waals surface area (Å²) < 4.78 is 46.2. The minimum Gasteiger partial charge on any atom is -0.443 e. The first-order valence-corrected chi connectivity index (χ1v) is 17.0. The van der Waals surface area contributed by atoms with E-state index in [9.17, 15) is 18.3 Å². The van der Waals surface area contributed by atoms with Gasteiger partial charge in [-0.15, -0.1) is 0 Å². The number of nitrogens with zero attached hydrogens (tertiary/aromatic N) is 2. The smallest absolute Gasteiger partial charge is 0.407 e. The van der Waals surface area contributed by atoms with Crippen LogP contribution in [0.15, 0.2) is 77.8 Å². The predicted octanol–water partition coefficient (Wildman–Crippen LogP) is 3.38. The molecule has 46 heavy (non-hydrogen) atoms. The Bertz CT molecular complexity index is 1540. The van der Waals surface area contributed by atoms with Crippen molar-refractivity contribution in [3.05, 3.63) is 84.2 Å². The zero-order chi connectivity index (χ0) is 32.7. The Morgan fingerprint density at radius 1 is 1.11 bits per heavy atom. The maximum absolute atomic E-state index is 14.1. The summed E-state index contributed by atoms with van der Waals surface area (Å²) in [4.78, 5) is 17.4. The molecule has 3 aromatic rings. The molecular formula is C33H43N5O7S. The standard InChI is InChI=1S/C33H43N5O7S/c1-22(2)19-38(46(41,42)25-11-12-27(34)28(17-25)36-18-24-10-6-7-14-35-24)20-30(39)29(16-23-8-4-3-5-9-23)37-33(40)45-31-21-44-32-26(31)13-15-43-32/h3-12,14,17,22,26,29-32,36,39H,13,15-16,18-21,34H2,1-2H3,(H,37,40)/t26-,29-,30+,31-,32+/m0/s1.